The highest BCUT2D eigenvalue weighted by atomic mass is 16.6. The number of methoxy groups -OCH3 is 1. The van der Waals surface area contributed by atoms with Crippen molar-refractivity contribution in [1.29, 1.82) is 0 Å². The molecule has 0 spiro atoms. The Labute approximate surface area is 178 Å². The summed E-state index contributed by atoms with van der Waals surface area (Å²) in [6.45, 7) is 7.62. The van der Waals surface area contributed by atoms with Crippen molar-refractivity contribution in [3.8, 4) is 5.75 Å². The topological polar surface area (TPSA) is 81.9 Å². The molecule has 7 nitrogen and oxygen atoms in total. The minimum Gasteiger partial charge on any atom is -0.497 e. The molecular formula is C23H34N2O5. The molecule has 3 rings (SSSR count). The molecule has 1 aliphatic heterocycles. The molecule has 2 aliphatic rings. The van der Waals surface area contributed by atoms with Gasteiger partial charge in [0.05, 0.1) is 17.6 Å². The van der Waals surface area contributed by atoms with Gasteiger partial charge in [0.15, 0.2) is 0 Å². The molecule has 1 unspecified atom stereocenters. The molecule has 30 heavy (non-hydrogen) atoms. The van der Waals surface area contributed by atoms with Crippen LogP contribution in [-0.4, -0.2) is 49.1 Å². The molecule has 0 N–H and O–H groups in total. The van der Waals surface area contributed by atoms with Gasteiger partial charge in [0.25, 0.3) is 5.69 Å². The average Bonchev–Trinajstić information content (AvgIpc) is 3.10. The summed E-state index contributed by atoms with van der Waals surface area (Å²) in [5.74, 6) is 1.41. The van der Waals surface area contributed by atoms with E-state index >= 15 is 0 Å². The number of nitrogens with zero attached hydrogens (tertiary/aromatic N) is 2. The number of hydrogen-bond acceptors (Lipinski definition) is 6. The van der Waals surface area contributed by atoms with Crippen LogP contribution in [0, 0.1) is 27.9 Å². The van der Waals surface area contributed by atoms with Crippen LogP contribution in [0.5, 0.6) is 5.75 Å². The van der Waals surface area contributed by atoms with Crippen LogP contribution in [0.15, 0.2) is 18.2 Å². The highest BCUT2D eigenvalue weighted by molar-refractivity contribution is 5.86. The Balaban J connectivity index is 2.00. The molecule has 0 aromatic heterocycles. The summed E-state index contributed by atoms with van der Waals surface area (Å²) in [5, 5.41) is 11.8. The molecule has 0 radical (unpaired) electrons. The van der Waals surface area contributed by atoms with Crippen LogP contribution < -0.4 is 4.74 Å². The van der Waals surface area contributed by atoms with E-state index in [1.54, 1.807) is 12.1 Å². The van der Waals surface area contributed by atoms with E-state index in [1.165, 1.54) is 13.2 Å². The summed E-state index contributed by atoms with van der Waals surface area (Å²) in [7, 11) is 3.45. The number of esters is 1. The summed E-state index contributed by atoms with van der Waals surface area (Å²) in [6, 6.07) is 4.64. The Hall–Kier alpha value is -2.15. The number of carbonyl (C=O) groups is 1. The standard InChI is InChI=1S/C23H34N2O5/c1-15(2)18-8-6-16(3)12-21(18)30-22(26)23(10-11-24(4)14-23)19-13-17(29-5)7-9-20(19)25(27)28/h7,9,13,15-16,18,21H,6,8,10-12,14H2,1-5H3/t16-,18+,21-,23?/m1/s1. The SMILES string of the molecule is COc1ccc([N+](=O)[O-])c(C2(C(=O)O[C@@H]3C[C@H](C)CC[C@H]3C(C)C)CCN(C)C2)c1. The van der Waals surface area contributed by atoms with Gasteiger partial charge in [-0.3, -0.25) is 14.9 Å². The maximum Gasteiger partial charge on any atom is 0.318 e. The Kier molecular flexibility index (Phi) is 6.70. The third-order valence-electron chi connectivity index (χ3n) is 6.99. The number of benzene rings is 1. The quantitative estimate of drug-likeness (QED) is 0.392. The highest BCUT2D eigenvalue weighted by Crippen LogP contribution is 2.43. The van der Waals surface area contributed by atoms with Gasteiger partial charge >= 0.3 is 5.97 Å². The average molecular weight is 419 g/mol. The first kappa shape index (κ1) is 22.5. The largest absolute Gasteiger partial charge is 0.497 e. The van der Waals surface area contributed by atoms with Crippen molar-refractivity contribution in [3.05, 3.63) is 33.9 Å². The van der Waals surface area contributed by atoms with E-state index in [-0.39, 0.29) is 17.8 Å². The van der Waals surface area contributed by atoms with E-state index in [4.69, 9.17) is 9.47 Å². The van der Waals surface area contributed by atoms with Crippen molar-refractivity contribution in [3.63, 3.8) is 0 Å². The van der Waals surface area contributed by atoms with Gasteiger partial charge in [0.1, 0.15) is 17.3 Å². The van der Waals surface area contributed by atoms with Gasteiger partial charge in [0, 0.05) is 12.6 Å². The lowest BCUT2D eigenvalue weighted by molar-refractivity contribution is -0.386. The fraction of sp³-hybridized carbons (Fsp3) is 0.696. The third-order valence-corrected chi connectivity index (χ3v) is 6.99. The lowest BCUT2D eigenvalue weighted by Gasteiger charge is -2.39. The van der Waals surface area contributed by atoms with Crippen LogP contribution in [0.4, 0.5) is 5.69 Å². The lowest BCUT2D eigenvalue weighted by atomic mass is 9.74. The first-order valence-electron chi connectivity index (χ1n) is 10.9. The number of likely N-dealkylation sites (tertiary alicyclic amines) is 1. The number of rotatable bonds is 6. The molecule has 2 fully saturated rings. The fourth-order valence-electron chi connectivity index (χ4n) is 5.18. The molecule has 1 heterocycles. The van der Waals surface area contributed by atoms with Crippen LogP contribution in [-0.2, 0) is 14.9 Å². The zero-order valence-corrected chi connectivity index (χ0v) is 18.7. The summed E-state index contributed by atoms with van der Waals surface area (Å²) < 4.78 is 11.5. The summed E-state index contributed by atoms with van der Waals surface area (Å²) in [6.07, 6.45) is 3.38. The van der Waals surface area contributed by atoms with Gasteiger partial charge in [-0.1, -0.05) is 27.2 Å². The predicted octanol–water partition coefficient (Wildman–Crippen LogP) is 4.18. The van der Waals surface area contributed by atoms with E-state index < -0.39 is 10.3 Å². The van der Waals surface area contributed by atoms with Gasteiger partial charge in [-0.15, -0.1) is 0 Å². The minimum atomic E-state index is -1.06. The van der Waals surface area contributed by atoms with Crippen LogP contribution in [0.2, 0.25) is 0 Å². The van der Waals surface area contributed by atoms with Gasteiger partial charge in [-0.25, -0.2) is 0 Å². The lowest BCUT2D eigenvalue weighted by Crippen LogP contribution is -2.45. The van der Waals surface area contributed by atoms with Gasteiger partial charge in [-0.05, 0) is 62.7 Å². The molecule has 1 saturated carbocycles. The van der Waals surface area contributed by atoms with Crippen LogP contribution in [0.1, 0.15) is 52.0 Å². The van der Waals surface area contributed by atoms with Crippen molar-refractivity contribution >= 4 is 11.7 Å². The van der Waals surface area contributed by atoms with Crippen molar-refractivity contribution in [1.82, 2.24) is 4.90 Å². The highest BCUT2D eigenvalue weighted by Gasteiger charge is 2.51. The molecule has 0 amide bonds. The second-order valence-corrected chi connectivity index (χ2v) is 9.48. The fourth-order valence-corrected chi connectivity index (χ4v) is 5.18. The minimum absolute atomic E-state index is 0.0551. The van der Waals surface area contributed by atoms with Crippen molar-refractivity contribution < 1.29 is 19.2 Å². The van der Waals surface area contributed by atoms with Crippen molar-refractivity contribution in [2.24, 2.45) is 17.8 Å². The second kappa shape index (κ2) is 8.92. The Morgan fingerprint density at radius 3 is 2.63 bits per heavy atom. The second-order valence-electron chi connectivity index (χ2n) is 9.48. The van der Waals surface area contributed by atoms with Crippen molar-refractivity contribution in [2.75, 3.05) is 27.2 Å². The molecule has 7 heteroatoms. The molecule has 166 valence electrons. The van der Waals surface area contributed by atoms with E-state index in [9.17, 15) is 14.9 Å². The summed E-state index contributed by atoms with van der Waals surface area (Å²) in [5.41, 5.74) is -0.722. The first-order valence-corrected chi connectivity index (χ1v) is 10.9. The maximum absolute atomic E-state index is 13.7. The zero-order valence-electron chi connectivity index (χ0n) is 18.7. The normalized spacial score (nSPS) is 29.7. The number of carbonyl (C=O) groups excluding carboxylic acids is 1. The van der Waals surface area contributed by atoms with E-state index in [2.05, 4.69) is 20.8 Å². The number of hydrogen-bond donors (Lipinski definition) is 0. The van der Waals surface area contributed by atoms with Crippen LogP contribution in [0.25, 0.3) is 0 Å². The Morgan fingerprint density at radius 1 is 1.33 bits per heavy atom. The summed E-state index contributed by atoms with van der Waals surface area (Å²) in [4.78, 5) is 27.1. The molecule has 0 bridgehead atoms. The van der Waals surface area contributed by atoms with E-state index in [0.717, 1.165) is 19.3 Å². The number of nitro benzene ring substituents is 1. The molecule has 1 aliphatic carbocycles. The summed E-state index contributed by atoms with van der Waals surface area (Å²) >= 11 is 0. The molecule has 1 aromatic carbocycles. The molecular weight excluding hydrogens is 384 g/mol. The maximum atomic E-state index is 13.7. The number of nitro groups is 1. The Morgan fingerprint density at radius 2 is 2.07 bits per heavy atom. The van der Waals surface area contributed by atoms with E-state index in [0.29, 0.717) is 48.6 Å². The van der Waals surface area contributed by atoms with Gasteiger partial charge in [-0.2, -0.15) is 0 Å². The van der Waals surface area contributed by atoms with Gasteiger partial charge < -0.3 is 14.4 Å². The monoisotopic (exact) mass is 418 g/mol. The smallest absolute Gasteiger partial charge is 0.318 e. The number of likely N-dealkylation sites (N-methyl/N-ethyl adjacent to an activating group) is 1. The first-order chi connectivity index (χ1) is 14.2. The Bertz CT molecular complexity index is 796. The zero-order chi connectivity index (χ0) is 22.1. The van der Waals surface area contributed by atoms with Crippen molar-refractivity contribution in [2.45, 2.75) is 58.0 Å². The molecule has 1 aromatic rings. The third kappa shape index (κ3) is 4.31. The van der Waals surface area contributed by atoms with Crippen LogP contribution in [0.3, 0.4) is 0 Å². The van der Waals surface area contributed by atoms with Gasteiger partial charge in [0.2, 0.25) is 0 Å². The molecule has 1 saturated heterocycles. The van der Waals surface area contributed by atoms with E-state index in [1.807, 2.05) is 11.9 Å². The predicted molar refractivity (Wildman–Crippen MR) is 115 cm³/mol. The molecule has 4 atom stereocenters. The number of ether oxygens (including phenoxy) is 2. The van der Waals surface area contributed by atoms with Crippen LogP contribution >= 0.6 is 0 Å².